The molecular formula is C21H21Cl3F2N6O2. The Bertz CT molecular complexity index is 1150. The lowest BCUT2D eigenvalue weighted by Crippen LogP contribution is -2.23. The van der Waals surface area contributed by atoms with E-state index in [0.29, 0.717) is 12.1 Å². The van der Waals surface area contributed by atoms with E-state index >= 15 is 0 Å². The molecule has 0 unspecified atom stereocenters. The molecule has 3 aromatic rings. The first kappa shape index (κ1) is 27.3. The highest BCUT2D eigenvalue weighted by molar-refractivity contribution is 6.34. The number of carbonyl (C=O) groups excluding carboxylic acids is 2. The summed E-state index contributed by atoms with van der Waals surface area (Å²) in [5.41, 5.74) is 0.685. The number of anilines is 2. The quantitative estimate of drug-likeness (QED) is 0.409. The van der Waals surface area contributed by atoms with E-state index in [4.69, 9.17) is 11.6 Å². The van der Waals surface area contributed by atoms with Crippen LogP contribution in [0.4, 0.5) is 20.4 Å². The Morgan fingerprint density at radius 1 is 1.06 bits per heavy atom. The van der Waals surface area contributed by atoms with Crippen molar-refractivity contribution in [2.45, 2.75) is 19.4 Å². The van der Waals surface area contributed by atoms with Gasteiger partial charge in [-0.3, -0.25) is 14.7 Å². The third kappa shape index (κ3) is 6.34. The minimum absolute atomic E-state index is 0. The summed E-state index contributed by atoms with van der Waals surface area (Å²) in [6.45, 7) is 2.27. The highest BCUT2D eigenvalue weighted by atomic mass is 35.5. The number of nitrogens with one attached hydrogen (secondary N) is 3. The maximum Gasteiger partial charge on any atom is 0.269 e. The van der Waals surface area contributed by atoms with Crippen molar-refractivity contribution in [2.75, 3.05) is 23.3 Å². The van der Waals surface area contributed by atoms with Gasteiger partial charge in [0.15, 0.2) is 17.5 Å². The first-order chi connectivity index (χ1) is 15.4. The fourth-order valence-corrected chi connectivity index (χ4v) is 3.55. The molecule has 2 amide bonds. The van der Waals surface area contributed by atoms with Crippen LogP contribution < -0.4 is 15.5 Å². The van der Waals surface area contributed by atoms with Crippen molar-refractivity contribution >= 4 is 59.9 Å². The summed E-state index contributed by atoms with van der Waals surface area (Å²) in [5, 5.41) is 11.2. The maximum absolute atomic E-state index is 13.4. The average Bonchev–Trinajstić information content (AvgIpc) is 3.47. The van der Waals surface area contributed by atoms with E-state index in [1.807, 2.05) is 12.1 Å². The van der Waals surface area contributed by atoms with E-state index < -0.39 is 23.4 Å². The number of hydrogen-bond donors (Lipinski definition) is 3. The summed E-state index contributed by atoms with van der Waals surface area (Å²) in [7, 11) is 0. The fraction of sp³-hybridized carbons (Fsp3) is 0.238. The van der Waals surface area contributed by atoms with Gasteiger partial charge in [0, 0.05) is 31.9 Å². The molecule has 3 heterocycles. The molecule has 0 bridgehead atoms. The molecule has 34 heavy (non-hydrogen) atoms. The van der Waals surface area contributed by atoms with E-state index in [9.17, 15) is 18.4 Å². The van der Waals surface area contributed by atoms with Gasteiger partial charge in [0.25, 0.3) is 11.8 Å². The molecule has 0 atom stereocenters. The van der Waals surface area contributed by atoms with Gasteiger partial charge in [-0.15, -0.1) is 24.8 Å². The number of halogens is 5. The van der Waals surface area contributed by atoms with Crippen molar-refractivity contribution in [2.24, 2.45) is 0 Å². The molecule has 0 spiro atoms. The number of aromatic amines is 1. The van der Waals surface area contributed by atoms with Gasteiger partial charge in [-0.25, -0.2) is 13.8 Å². The number of amides is 2. The Morgan fingerprint density at radius 2 is 1.76 bits per heavy atom. The number of aromatic nitrogens is 3. The largest absolute Gasteiger partial charge is 0.357 e. The van der Waals surface area contributed by atoms with Crippen molar-refractivity contribution in [1.82, 2.24) is 20.5 Å². The zero-order valence-electron chi connectivity index (χ0n) is 17.6. The predicted octanol–water partition coefficient (Wildman–Crippen LogP) is 4.36. The molecule has 1 aromatic carbocycles. The number of rotatable bonds is 6. The van der Waals surface area contributed by atoms with Crippen LogP contribution in [-0.2, 0) is 6.54 Å². The maximum atomic E-state index is 13.4. The second kappa shape index (κ2) is 12.0. The average molecular weight is 534 g/mol. The molecule has 1 saturated heterocycles. The molecule has 1 fully saturated rings. The molecule has 13 heteroatoms. The van der Waals surface area contributed by atoms with Crippen LogP contribution in [0.5, 0.6) is 0 Å². The smallest absolute Gasteiger partial charge is 0.269 e. The fourth-order valence-electron chi connectivity index (χ4n) is 3.31. The Kier molecular flexibility index (Phi) is 9.60. The van der Waals surface area contributed by atoms with Gasteiger partial charge in [-0.1, -0.05) is 17.7 Å². The van der Waals surface area contributed by atoms with Gasteiger partial charge < -0.3 is 15.5 Å². The van der Waals surface area contributed by atoms with Gasteiger partial charge in [0.1, 0.15) is 11.5 Å². The number of H-pyrrole nitrogens is 1. The summed E-state index contributed by atoms with van der Waals surface area (Å²) < 4.78 is 26.6. The first-order valence-corrected chi connectivity index (χ1v) is 10.3. The van der Waals surface area contributed by atoms with E-state index in [1.165, 1.54) is 18.9 Å². The molecular weight excluding hydrogens is 513 g/mol. The second-order valence-electron chi connectivity index (χ2n) is 7.27. The third-order valence-corrected chi connectivity index (χ3v) is 5.32. The topological polar surface area (TPSA) is 103 Å². The number of pyridine rings is 1. The minimum Gasteiger partial charge on any atom is -0.357 e. The minimum atomic E-state index is -1.20. The van der Waals surface area contributed by atoms with E-state index in [0.717, 1.165) is 24.5 Å². The van der Waals surface area contributed by atoms with Crippen LogP contribution in [0.1, 0.15) is 39.3 Å². The second-order valence-corrected chi connectivity index (χ2v) is 7.68. The van der Waals surface area contributed by atoms with E-state index in [2.05, 4.69) is 30.7 Å². The van der Waals surface area contributed by atoms with E-state index in [-0.39, 0.29) is 53.5 Å². The van der Waals surface area contributed by atoms with Crippen LogP contribution in [0.15, 0.2) is 36.5 Å². The molecule has 4 rings (SSSR count). The molecule has 0 radical (unpaired) electrons. The van der Waals surface area contributed by atoms with Crippen LogP contribution in [-0.4, -0.2) is 40.1 Å². The summed E-state index contributed by atoms with van der Waals surface area (Å²) in [5.74, 6) is -2.65. The van der Waals surface area contributed by atoms with Gasteiger partial charge >= 0.3 is 0 Å². The first-order valence-electron chi connectivity index (χ1n) is 9.90. The van der Waals surface area contributed by atoms with Crippen LogP contribution in [0, 0.1) is 11.6 Å². The van der Waals surface area contributed by atoms with E-state index in [1.54, 1.807) is 6.20 Å². The standard InChI is InChI=1S/C21H19ClF2N6O2.2ClH/c22-14-8-16(24)15(23)7-13(14)20(31)27-18-9-17(28-29-18)21(32)26-11-12-3-4-19(25-10-12)30-5-1-2-6-30;;/h3-4,7-10H,1-2,5-6,11H2,(H,26,32)(H2,27,28,29,31);2*1H. The predicted molar refractivity (Wildman–Crippen MR) is 129 cm³/mol. The summed E-state index contributed by atoms with van der Waals surface area (Å²) >= 11 is 5.80. The van der Waals surface area contributed by atoms with Crippen LogP contribution in [0.3, 0.4) is 0 Å². The molecule has 1 aliphatic rings. The van der Waals surface area contributed by atoms with Crippen LogP contribution >= 0.6 is 36.4 Å². The van der Waals surface area contributed by atoms with Crippen molar-refractivity contribution in [3.63, 3.8) is 0 Å². The molecule has 2 aromatic heterocycles. The van der Waals surface area contributed by atoms with Crippen LogP contribution in [0.25, 0.3) is 0 Å². The number of benzene rings is 1. The summed E-state index contributed by atoms with van der Waals surface area (Å²) in [4.78, 5) is 31.3. The van der Waals surface area contributed by atoms with Crippen molar-refractivity contribution in [3.8, 4) is 0 Å². The molecule has 8 nitrogen and oxygen atoms in total. The van der Waals surface area contributed by atoms with Crippen molar-refractivity contribution in [1.29, 1.82) is 0 Å². The number of hydrogen-bond acceptors (Lipinski definition) is 5. The monoisotopic (exact) mass is 532 g/mol. The van der Waals surface area contributed by atoms with Crippen LogP contribution in [0.2, 0.25) is 5.02 Å². The van der Waals surface area contributed by atoms with Gasteiger partial charge in [-0.05, 0) is 36.6 Å². The molecule has 0 saturated carbocycles. The van der Waals surface area contributed by atoms with Crippen molar-refractivity contribution < 1.29 is 18.4 Å². The normalized spacial score (nSPS) is 12.5. The summed E-state index contributed by atoms with van der Waals surface area (Å²) in [6, 6.07) is 6.55. The SMILES string of the molecule is Cl.Cl.O=C(NCc1ccc(N2CCCC2)nc1)c1cc(NC(=O)c2cc(F)c(F)cc2Cl)n[nH]1. The number of nitrogens with zero attached hydrogens (tertiary/aromatic N) is 3. The van der Waals surface area contributed by atoms with Gasteiger partial charge in [-0.2, -0.15) is 5.10 Å². The lowest BCUT2D eigenvalue weighted by Gasteiger charge is -2.16. The molecule has 3 N–H and O–H groups in total. The Labute approximate surface area is 211 Å². The highest BCUT2D eigenvalue weighted by Gasteiger charge is 2.18. The van der Waals surface area contributed by atoms with Crippen molar-refractivity contribution in [3.05, 3.63) is 70.0 Å². The lowest BCUT2D eigenvalue weighted by atomic mass is 10.2. The Hall–Kier alpha value is -2.95. The van der Waals surface area contributed by atoms with Gasteiger partial charge in [0.05, 0.1) is 10.6 Å². The highest BCUT2D eigenvalue weighted by Crippen LogP contribution is 2.21. The Balaban J connectivity index is 0.00000204. The lowest BCUT2D eigenvalue weighted by molar-refractivity contribution is 0.0945. The molecule has 1 aliphatic heterocycles. The zero-order valence-corrected chi connectivity index (χ0v) is 20.0. The van der Waals surface area contributed by atoms with Gasteiger partial charge in [0.2, 0.25) is 0 Å². The number of carbonyl (C=O) groups is 2. The summed E-state index contributed by atoms with van der Waals surface area (Å²) in [6.07, 6.45) is 4.05. The Morgan fingerprint density at radius 3 is 2.44 bits per heavy atom. The third-order valence-electron chi connectivity index (χ3n) is 5.01. The molecule has 182 valence electrons. The zero-order chi connectivity index (χ0) is 22.7. The molecule has 0 aliphatic carbocycles.